The van der Waals surface area contributed by atoms with E-state index in [-0.39, 0.29) is 0 Å². The van der Waals surface area contributed by atoms with Crippen molar-refractivity contribution in [2.75, 3.05) is 0 Å². The summed E-state index contributed by atoms with van der Waals surface area (Å²) in [6.07, 6.45) is 20.0. The molecule has 11 aromatic heterocycles. The zero-order valence-electron chi connectivity index (χ0n) is 57.7. The first-order valence-corrected chi connectivity index (χ1v) is 30.5. The first-order valence-electron chi connectivity index (χ1n) is 28.8. The standard InChI is InChI=1S/2C6H7N.2C5H7NO.2C5H7NS.5C3H5N3.7C2H6/c1-6-3-2-4-7-5-6;1-6-4-2-3-5-7-6;4*1-4-5(2)7-3-6-4;1-6-3-2-4-5-6;1-6-4-2-3-5-6;3*1-3-2-4-6-5-3;7*1-2/h2*2-5H,1H3;4*3H,1-2H3;2*2-3H,1H3;3*2H,1H3,(H,4,5,6);7*1-2H3. The molecule has 0 saturated carbocycles. The van der Waals surface area contributed by atoms with Crippen LogP contribution in [-0.4, -0.2) is 106 Å². The van der Waals surface area contributed by atoms with Gasteiger partial charge in [0.1, 0.15) is 11.5 Å². The SMILES string of the molecule is CC.CC.CC.CC.CC.CC.CC.Cc1ccccn1.Cc1cccnc1.Cc1cn[nH]n1.Cc1cn[nH]n1.Cc1cn[nH]n1.Cc1ncoc1C.Cc1ncoc1C.Cc1ncsc1C.Cc1ncsc1C.Cn1ccnn1.Cn1nccn1. The maximum Gasteiger partial charge on any atom is 0.181 e. The number of aromatic nitrogens is 21. The summed E-state index contributed by atoms with van der Waals surface area (Å²) in [6, 6.07) is 9.80. The highest BCUT2D eigenvalue weighted by molar-refractivity contribution is 7.09. The molecule has 0 amide bonds. The predicted molar refractivity (Wildman–Crippen MR) is 358 cm³/mol. The number of pyridine rings is 2. The molecule has 23 nitrogen and oxygen atoms in total. The number of H-pyrrole nitrogens is 3. The van der Waals surface area contributed by atoms with Gasteiger partial charge in [-0.2, -0.15) is 61.2 Å². The van der Waals surface area contributed by atoms with Crippen LogP contribution in [0.3, 0.4) is 0 Å². The monoisotopic (exact) mass is 1230 g/mol. The molecule has 482 valence electrons. The van der Waals surface area contributed by atoms with Crippen molar-refractivity contribution in [1.82, 2.24) is 106 Å². The molecule has 0 fully saturated rings. The third-order valence-electron chi connectivity index (χ3n) is 8.25. The van der Waals surface area contributed by atoms with Crippen LogP contribution >= 0.6 is 22.7 Å². The Morgan fingerprint density at radius 1 is 0.407 bits per heavy atom. The molecule has 86 heavy (non-hydrogen) atoms. The highest BCUT2D eigenvalue weighted by atomic mass is 32.1. The lowest BCUT2D eigenvalue weighted by atomic mass is 10.3. The molecule has 0 saturated heterocycles. The largest absolute Gasteiger partial charge is 0.449 e. The number of nitrogens with one attached hydrogen (secondary N) is 3. The van der Waals surface area contributed by atoms with E-state index in [0.29, 0.717) is 0 Å². The number of rotatable bonds is 0. The summed E-state index contributed by atoms with van der Waals surface area (Å²) in [7, 11) is 3.60. The molecule has 25 heteroatoms. The first kappa shape index (κ1) is 91.4. The van der Waals surface area contributed by atoms with E-state index >= 15 is 0 Å². The predicted octanol–water partition coefficient (Wildman–Crippen LogP) is 16.0. The maximum atomic E-state index is 4.85. The van der Waals surface area contributed by atoms with Crippen molar-refractivity contribution >= 4 is 22.7 Å². The molecule has 0 unspecified atom stereocenters. The summed E-state index contributed by atoms with van der Waals surface area (Å²) < 4.78 is 11.3. The van der Waals surface area contributed by atoms with Gasteiger partial charge in [0, 0.05) is 54.3 Å². The Balaban J connectivity index is -0.000000156. The molecule has 0 spiro atoms. The summed E-state index contributed by atoms with van der Waals surface area (Å²) in [5, 5.41) is 43.6. The third-order valence-corrected chi connectivity index (χ3v) is 9.97. The summed E-state index contributed by atoms with van der Waals surface area (Å²) in [5.41, 5.74) is 13.1. The molecule has 11 heterocycles. The second-order valence-corrected chi connectivity index (χ2v) is 16.5. The van der Waals surface area contributed by atoms with Crippen LogP contribution in [0, 0.1) is 90.0 Å². The number of oxazole rings is 2. The number of aryl methyl sites for hydroxylation is 15. The maximum absolute atomic E-state index is 4.85. The molecule has 0 aliphatic rings. The molecule has 0 bridgehead atoms. The van der Waals surface area contributed by atoms with Crippen LogP contribution in [0.2, 0.25) is 0 Å². The minimum absolute atomic E-state index is 0.903. The molecule has 0 aromatic carbocycles. The van der Waals surface area contributed by atoms with E-state index in [1.807, 2.05) is 228 Å². The fourth-order valence-corrected chi connectivity index (χ4v) is 4.85. The lowest BCUT2D eigenvalue weighted by Gasteiger charge is -1.82. The molecule has 0 aliphatic carbocycles. The number of aromatic amines is 3. The van der Waals surface area contributed by atoms with Gasteiger partial charge in [0.05, 0.1) is 88.1 Å². The first-order chi connectivity index (χ1) is 41.5. The van der Waals surface area contributed by atoms with Crippen LogP contribution < -0.4 is 0 Å². The van der Waals surface area contributed by atoms with Crippen LogP contribution in [0.5, 0.6) is 0 Å². The molecule has 11 aromatic rings. The van der Waals surface area contributed by atoms with Crippen molar-refractivity contribution in [2.45, 2.75) is 187 Å². The van der Waals surface area contributed by atoms with Crippen LogP contribution in [0.1, 0.15) is 169 Å². The fourth-order valence-electron chi connectivity index (χ4n) is 3.67. The van der Waals surface area contributed by atoms with Crippen molar-refractivity contribution in [3.05, 3.63) is 188 Å². The van der Waals surface area contributed by atoms with Crippen molar-refractivity contribution in [1.29, 1.82) is 0 Å². The van der Waals surface area contributed by atoms with Gasteiger partial charge in [-0.15, -0.1) is 27.8 Å². The minimum Gasteiger partial charge on any atom is -0.449 e. The molecular formula is C61H109N21O2S2. The van der Waals surface area contributed by atoms with E-state index in [2.05, 4.69) is 110 Å². The minimum atomic E-state index is 0.903. The summed E-state index contributed by atoms with van der Waals surface area (Å²) in [5.74, 6) is 1.81. The highest BCUT2D eigenvalue weighted by Crippen LogP contribution is 2.08. The Morgan fingerprint density at radius 2 is 0.814 bits per heavy atom. The fraction of sp³-hybridized carbons (Fsp3) is 0.475. The molecule has 0 aliphatic heterocycles. The van der Waals surface area contributed by atoms with E-state index in [1.54, 1.807) is 90.2 Å². The van der Waals surface area contributed by atoms with Crippen molar-refractivity contribution in [3.63, 3.8) is 0 Å². The van der Waals surface area contributed by atoms with Crippen molar-refractivity contribution < 1.29 is 8.83 Å². The average Bonchev–Trinajstić information content (AvgIpc) is 4.45. The molecule has 11 rings (SSSR count). The number of hydrogen-bond acceptors (Lipinski definition) is 20. The van der Waals surface area contributed by atoms with Gasteiger partial charge in [0.2, 0.25) is 0 Å². The Morgan fingerprint density at radius 3 is 0.919 bits per heavy atom. The second kappa shape index (κ2) is 70.9. The Labute approximate surface area is 524 Å². The van der Waals surface area contributed by atoms with E-state index < -0.39 is 0 Å². The molecule has 3 N–H and O–H groups in total. The number of nitrogens with zero attached hydrogens (tertiary/aromatic N) is 18. The van der Waals surface area contributed by atoms with Crippen molar-refractivity contribution in [2.24, 2.45) is 14.1 Å². The van der Waals surface area contributed by atoms with E-state index in [9.17, 15) is 0 Å². The second-order valence-electron chi connectivity index (χ2n) is 14.4. The van der Waals surface area contributed by atoms with Gasteiger partial charge in [-0.1, -0.05) is 114 Å². The summed E-state index contributed by atoms with van der Waals surface area (Å²) in [6.45, 7) is 53.4. The average molecular weight is 1230 g/mol. The smallest absolute Gasteiger partial charge is 0.181 e. The van der Waals surface area contributed by atoms with Gasteiger partial charge >= 0.3 is 0 Å². The van der Waals surface area contributed by atoms with Crippen LogP contribution in [0.25, 0.3) is 0 Å². The van der Waals surface area contributed by atoms with E-state index in [0.717, 1.165) is 57.1 Å². The Hall–Kier alpha value is -8.32. The summed E-state index contributed by atoms with van der Waals surface area (Å²) >= 11 is 3.39. The zero-order valence-corrected chi connectivity index (χ0v) is 59.3. The molecule has 0 atom stereocenters. The highest BCUT2D eigenvalue weighted by Gasteiger charge is 1.92. The van der Waals surface area contributed by atoms with Crippen molar-refractivity contribution in [3.8, 4) is 0 Å². The van der Waals surface area contributed by atoms with Gasteiger partial charge in [-0.3, -0.25) is 14.6 Å². The van der Waals surface area contributed by atoms with Gasteiger partial charge in [-0.05, 0) is 114 Å². The Kier molecular flexibility index (Phi) is 75.4. The molecule has 0 radical (unpaired) electrons. The van der Waals surface area contributed by atoms with E-state index in [4.69, 9.17) is 8.83 Å². The van der Waals surface area contributed by atoms with Crippen LogP contribution in [-0.2, 0) is 14.1 Å². The number of hydrogen-bond donors (Lipinski definition) is 3. The van der Waals surface area contributed by atoms with Gasteiger partial charge < -0.3 is 8.83 Å². The van der Waals surface area contributed by atoms with Gasteiger partial charge in [0.25, 0.3) is 0 Å². The Bertz CT molecular complexity index is 2370. The zero-order chi connectivity index (χ0) is 67.4. The topological polar surface area (TPSA) is 290 Å². The quantitative estimate of drug-likeness (QED) is 0.127. The van der Waals surface area contributed by atoms with E-state index in [1.165, 1.54) is 32.9 Å². The third kappa shape index (κ3) is 61.7. The lowest BCUT2D eigenvalue weighted by Crippen LogP contribution is -1.89. The summed E-state index contributed by atoms with van der Waals surface area (Å²) in [4.78, 5) is 27.8. The normalized spacial score (nSPS) is 8.06. The van der Waals surface area contributed by atoms with Gasteiger partial charge in [-0.25, -0.2) is 19.9 Å². The van der Waals surface area contributed by atoms with Crippen LogP contribution in [0.15, 0.2) is 125 Å². The lowest BCUT2D eigenvalue weighted by molar-refractivity contribution is 0.525. The van der Waals surface area contributed by atoms with Gasteiger partial charge in [0.15, 0.2) is 12.8 Å². The van der Waals surface area contributed by atoms with Crippen LogP contribution in [0.4, 0.5) is 0 Å². The number of thiazole rings is 2. The molecular weight excluding hydrogens is 1120 g/mol.